The molecule has 1 rings (SSSR count). The van der Waals surface area contributed by atoms with Gasteiger partial charge in [0.25, 0.3) is 5.91 Å². The van der Waals surface area contributed by atoms with Crippen LogP contribution < -0.4 is 10.1 Å². The van der Waals surface area contributed by atoms with E-state index < -0.39 is 5.97 Å². The highest BCUT2D eigenvalue weighted by Crippen LogP contribution is 2.26. The van der Waals surface area contributed by atoms with Gasteiger partial charge >= 0.3 is 5.97 Å². The molecule has 2 N–H and O–H groups in total. The molecule has 0 fully saturated rings. The van der Waals surface area contributed by atoms with E-state index in [9.17, 15) is 14.7 Å². The molecule has 1 amide bonds. The smallest absolute Gasteiger partial charge is 0.331 e. The Morgan fingerprint density at radius 2 is 2.13 bits per heavy atom. The third kappa shape index (κ3) is 6.86. The molecule has 0 saturated heterocycles. The van der Waals surface area contributed by atoms with Crippen LogP contribution in [-0.4, -0.2) is 36.7 Å². The summed E-state index contributed by atoms with van der Waals surface area (Å²) < 4.78 is 9.84. The number of nitrogens with one attached hydrogen (secondary N) is 1. The number of phenols is 1. The van der Waals surface area contributed by atoms with Crippen LogP contribution in [0, 0.1) is 0 Å². The fraction of sp³-hybridized carbons (Fsp3) is 0.412. The summed E-state index contributed by atoms with van der Waals surface area (Å²) in [7, 11) is 1.44. The van der Waals surface area contributed by atoms with Gasteiger partial charge in [0.15, 0.2) is 18.1 Å². The van der Waals surface area contributed by atoms with E-state index in [1.807, 2.05) is 13.8 Å². The van der Waals surface area contributed by atoms with Crippen molar-refractivity contribution in [2.45, 2.75) is 32.7 Å². The van der Waals surface area contributed by atoms with Crippen LogP contribution in [0.3, 0.4) is 0 Å². The topological polar surface area (TPSA) is 84.9 Å². The van der Waals surface area contributed by atoms with Crippen molar-refractivity contribution in [3.8, 4) is 11.5 Å². The van der Waals surface area contributed by atoms with Gasteiger partial charge < -0.3 is 19.9 Å². The van der Waals surface area contributed by atoms with Crippen LogP contribution in [0.15, 0.2) is 24.3 Å². The monoisotopic (exact) mass is 321 g/mol. The molecule has 6 heteroatoms. The molecule has 0 aromatic heterocycles. The highest BCUT2D eigenvalue weighted by molar-refractivity contribution is 5.89. The SMILES string of the molecule is CCC[C@@H](C)NC(=O)COC(=O)/C=C/c1ccc(O)c(OC)c1. The Bertz CT molecular complexity index is 568. The normalized spacial score (nSPS) is 12.0. The van der Waals surface area contributed by atoms with Crippen molar-refractivity contribution in [1.29, 1.82) is 0 Å². The Labute approximate surface area is 136 Å². The second kappa shape index (κ2) is 9.50. The number of phenolic OH excluding ortho intramolecular Hbond substituents is 1. The molecular formula is C17H23NO5. The lowest BCUT2D eigenvalue weighted by atomic mass is 10.2. The van der Waals surface area contributed by atoms with Gasteiger partial charge in [-0.05, 0) is 37.1 Å². The molecule has 0 aliphatic heterocycles. The second-order valence-electron chi connectivity index (χ2n) is 5.13. The summed E-state index contributed by atoms with van der Waals surface area (Å²) in [6.07, 6.45) is 4.58. The molecule has 126 valence electrons. The Balaban J connectivity index is 2.45. The van der Waals surface area contributed by atoms with Crippen LogP contribution >= 0.6 is 0 Å². The largest absolute Gasteiger partial charge is 0.504 e. The zero-order valence-electron chi connectivity index (χ0n) is 13.7. The first-order valence-electron chi connectivity index (χ1n) is 7.47. The van der Waals surface area contributed by atoms with Crippen molar-refractivity contribution in [2.75, 3.05) is 13.7 Å². The average molecular weight is 321 g/mol. The number of amides is 1. The number of methoxy groups -OCH3 is 1. The van der Waals surface area contributed by atoms with E-state index in [4.69, 9.17) is 9.47 Å². The molecule has 0 aliphatic rings. The molecule has 0 saturated carbocycles. The van der Waals surface area contributed by atoms with E-state index >= 15 is 0 Å². The minimum atomic E-state index is -0.615. The zero-order valence-corrected chi connectivity index (χ0v) is 13.7. The Morgan fingerprint density at radius 1 is 1.39 bits per heavy atom. The highest BCUT2D eigenvalue weighted by atomic mass is 16.5. The highest BCUT2D eigenvalue weighted by Gasteiger charge is 2.08. The van der Waals surface area contributed by atoms with Gasteiger partial charge in [-0.15, -0.1) is 0 Å². The van der Waals surface area contributed by atoms with E-state index in [0.29, 0.717) is 11.3 Å². The van der Waals surface area contributed by atoms with Gasteiger partial charge in [-0.2, -0.15) is 0 Å². The van der Waals surface area contributed by atoms with Crippen molar-refractivity contribution in [3.05, 3.63) is 29.8 Å². The number of esters is 1. The van der Waals surface area contributed by atoms with Crippen molar-refractivity contribution >= 4 is 18.0 Å². The number of carbonyl (C=O) groups excluding carboxylic acids is 2. The predicted octanol–water partition coefficient (Wildman–Crippen LogP) is 2.26. The maximum absolute atomic E-state index is 11.6. The first-order valence-corrected chi connectivity index (χ1v) is 7.47. The molecule has 0 radical (unpaired) electrons. The van der Waals surface area contributed by atoms with Crippen LogP contribution in [0.1, 0.15) is 32.3 Å². The quantitative estimate of drug-likeness (QED) is 0.567. The molecule has 1 atom stereocenters. The molecule has 23 heavy (non-hydrogen) atoms. The molecule has 0 unspecified atom stereocenters. The lowest BCUT2D eigenvalue weighted by Gasteiger charge is -2.12. The molecule has 0 bridgehead atoms. The van der Waals surface area contributed by atoms with Crippen molar-refractivity contribution < 1.29 is 24.2 Å². The summed E-state index contributed by atoms with van der Waals surface area (Å²) in [5.74, 6) is -0.607. The maximum Gasteiger partial charge on any atom is 0.331 e. The first-order chi connectivity index (χ1) is 11.0. The maximum atomic E-state index is 11.6. The van der Waals surface area contributed by atoms with E-state index in [0.717, 1.165) is 12.8 Å². The van der Waals surface area contributed by atoms with Crippen molar-refractivity contribution in [2.24, 2.45) is 0 Å². The van der Waals surface area contributed by atoms with Gasteiger partial charge in [-0.25, -0.2) is 4.79 Å². The fourth-order valence-electron chi connectivity index (χ4n) is 1.97. The van der Waals surface area contributed by atoms with Crippen LogP contribution in [0.25, 0.3) is 6.08 Å². The summed E-state index contributed by atoms with van der Waals surface area (Å²) in [4.78, 5) is 23.2. The van der Waals surface area contributed by atoms with E-state index in [1.165, 1.54) is 25.3 Å². The third-order valence-corrected chi connectivity index (χ3v) is 3.09. The summed E-state index contributed by atoms with van der Waals surface area (Å²) in [5, 5.41) is 12.2. The van der Waals surface area contributed by atoms with E-state index in [1.54, 1.807) is 12.1 Å². The minimum Gasteiger partial charge on any atom is -0.504 e. The van der Waals surface area contributed by atoms with Gasteiger partial charge in [0.2, 0.25) is 0 Å². The second-order valence-corrected chi connectivity index (χ2v) is 5.13. The lowest BCUT2D eigenvalue weighted by molar-refractivity contribution is -0.144. The molecular weight excluding hydrogens is 298 g/mol. The van der Waals surface area contributed by atoms with Gasteiger partial charge in [0.05, 0.1) is 7.11 Å². The fourth-order valence-corrected chi connectivity index (χ4v) is 1.97. The first kappa shape index (κ1) is 18.5. The zero-order chi connectivity index (χ0) is 17.2. The van der Waals surface area contributed by atoms with Crippen LogP contribution in [-0.2, 0) is 14.3 Å². The molecule has 0 spiro atoms. The number of hydrogen-bond donors (Lipinski definition) is 2. The summed E-state index contributed by atoms with van der Waals surface area (Å²) >= 11 is 0. The van der Waals surface area contributed by atoms with Gasteiger partial charge in [0, 0.05) is 12.1 Å². The molecule has 0 heterocycles. The van der Waals surface area contributed by atoms with Crippen molar-refractivity contribution in [3.63, 3.8) is 0 Å². The Morgan fingerprint density at radius 3 is 2.78 bits per heavy atom. The van der Waals surface area contributed by atoms with Gasteiger partial charge in [-0.3, -0.25) is 4.79 Å². The standard InChI is InChI=1S/C17H23NO5/c1-4-5-12(2)18-16(20)11-23-17(21)9-7-13-6-8-14(19)15(10-13)22-3/h6-10,12,19H,4-5,11H2,1-3H3,(H,18,20)/b9-7+/t12-/m1/s1. The molecule has 6 nitrogen and oxygen atoms in total. The van der Waals surface area contributed by atoms with Crippen LogP contribution in [0.5, 0.6) is 11.5 Å². The minimum absolute atomic E-state index is 0.0186. The summed E-state index contributed by atoms with van der Waals surface area (Å²) in [6.45, 7) is 3.63. The predicted molar refractivity (Wildman–Crippen MR) is 87.2 cm³/mol. The van der Waals surface area contributed by atoms with Crippen molar-refractivity contribution in [1.82, 2.24) is 5.32 Å². The number of ether oxygens (including phenoxy) is 2. The number of benzene rings is 1. The Hall–Kier alpha value is -2.50. The van der Waals surface area contributed by atoms with E-state index in [-0.39, 0.29) is 24.3 Å². The van der Waals surface area contributed by atoms with Crippen LogP contribution in [0.2, 0.25) is 0 Å². The average Bonchev–Trinajstić information content (AvgIpc) is 2.52. The molecule has 0 aliphatic carbocycles. The van der Waals surface area contributed by atoms with Gasteiger partial charge in [0.1, 0.15) is 0 Å². The lowest BCUT2D eigenvalue weighted by Crippen LogP contribution is -2.35. The van der Waals surface area contributed by atoms with Gasteiger partial charge in [-0.1, -0.05) is 19.4 Å². The third-order valence-electron chi connectivity index (χ3n) is 3.09. The summed E-state index contributed by atoms with van der Waals surface area (Å²) in [5.41, 5.74) is 0.664. The van der Waals surface area contributed by atoms with E-state index in [2.05, 4.69) is 5.32 Å². The number of hydrogen-bond acceptors (Lipinski definition) is 5. The van der Waals surface area contributed by atoms with Crippen LogP contribution in [0.4, 0.5) is 0 Å². The number of rotatable bonds is 8. The number of aromatic hydroxyl groups is 1. The summed E-state index contributed by atoms with van der Waals surface area (Å²) in [6, 6.07) is 4.73. The molecule has 1 aromatic rings. The Kier molecular flexibility index (Phi) is 7.66. The molecule has 1 aromatic carbocycles. The number of carbonyl (C=O) groups is 2.